The number of nitrogens with one attached hydrogen (secondary N) is 1. The summed E-state index contributed by atoms with van der Waals surface area (Å²) < 4.78 is 12.0. The zero-order chi connectivity index (χ0) is 16.9. The molecule has 1 amide bonds. The second-order valence-electron chi connectivity index (χ2n) is 5.56. The van der Waals surface area contributed by atoms with Gasteiger partial charge in [-0.3, -0.25) is 4.79 Å². The number of halogens is 1. The van der Waals surface area contributed by atoms with Gasteiger partial charge >= 0.3 is 0 Å². The SMILES string of the molecule is COc1nccnc1OC1CCC(NC(=O)c2cc(Br)cs2)CC1. The van der Waals surface area contributed by atoms with Crippen molar-refractivity contribution in [3.05, 3.63) is 33.2 Å². The van der Waals surface area contributed by atoms with Gasteiger partial charge in [0.05, 0.1) is 12.0 Å². The van der Waals surface area contributed by atoms with Gasteiger partial charge in [-0.05, 0) is 47.7 Å². The number of nitrogens with zero attached hydrogens (tertiary/aromatic N) is 2. The van der Waals surface area contributed by atoms with E-state index in [0.29, 0.717) is 11.8 Å². The molecule has 2 heterocycles. The molecule has 0 spiro atoms. The van der Waals surface area contributed by atoms with Gasteiger partial charge in [0.15, 0.2) is 0 Å². The summed E-state index contributed by atoms with van der Waals surface area (Å²) in [6.07, 6.45) is 6.71. The van der Waals surface area contributed by atoms with E-state index in [1.54, 1.807) is 19.5 Å². The molecule has 2 aromatic rings. The van der Waals surface area contributed by atoms with Gasteiger partial charge in [0.1, 0.15) is 6.10 Å². The maximum Gasteiger partial charge on any atom is 0.278 e. The lowest BCUT2D eigenvalue weighted by Crippen LogP contribution is -2.39. The normalized spacial score (nSPS) is 20.4. The summed E-state index contributed by atoms with van der Waals surface area (Å²) in [6.45, 7) is 0. The monoisotopic (exact) mass is 411 g/mol. The number of rotatable bonds is 5. The van der Waals surface area contributed by atoms with Crippen molar-refractivity contribution in [2.75, 3.05) is 7.11 Å². The first-order chi connectivity index (χ1) is 11.7. The Bertz CT molecular complexity index is 701. The Morgan fingerprint density at radius 3 is 2.58 bits per heavy atom. The fourth-order valence-corrected chi connectivity index (χ4v) is 4.03. The maximum atomic E-state index is 12.2. The molecular weight excluding hydrogens is 394 g/mol. The highest BCUT2D eigenvalue weighted by Crippen LogP contribution is 2.27. The molecule has 1 aliphatic carbocycles. The molecule has 6 nitrogen and oxygen atoms in total. The summed E-state index contributed by atoms with van der Waals surface area (Å²) in [5, 5.41) is 5.01. The Hall–Kier alpha value is -1.67. The van der Waals surface area contributed by atoms with E-state index in [1.807, 2.05) is 11.4 Å². The smallest absolute Gasteiger partial charge is 0.278 e. The second kappa shape index (κ2) is 7.94. The second-order valence-corrected chi connectivity index (χ2v) is 7.39. The van der Waals surface area contributed by atoms with Crippen LogP contribution in [-0.4, -0.2) is 35.1 Å². The van der Waals surface area contributed by atoms with Crippen LogP contribution in [0.2, 0.25) is 0 Å². The van der Waals surface area contributed by atoms with E-state index in [1.165, 1.54) is 11.3 Å². The minimum Gasteiger partial charge on any atom is -0.477 e. The lowest BCUT2D eigenvalue weighted by molar-refractivity contribution is 0.0890. The average molecular weight is 412 g/mol. The highest BCUT2D eigenvalue weighted by atomic mass is 79.9. The Morgan fingerprint density at radius 2 is 1.96 bits per heavy atom. The summed E-state index contributed by atoms with van der Waals surface area (Å²) in [4.78, 5) is 21.2. The number of thiophene rings is 1. The summed E-state index contributed by atoms with van der Waals surface area (Å²) >= 11 is 4.81. The lowest BCUT2D eigenvalue weighted by Gasteiger charge is -2.29. The molecule has 3 rings (SSSR count). The van der Waals surface area contributed by atoms with E-state index in [2.05, 4.69) is 31.2 Å². The molecule has 24 heavy (non-hydrogen) atoms. The van der Waals surface area contributed by atoms with Crippen molar-refractivity contribution in [2.45, 2.75) is 37.8 Å². The number of hydrogen-bond donors (Lipinski definition) is 1. The molecule has 0 saturated heterocycles. The van der Waals surface area contributed by atoms with Crippen LogP contribution in [-0.2, 0) is 0 Å². The van der Waals surface area contributed by atoms with E-state index >= 15 is 0 Å². The van der Waals surface area contributed by atoms with Crippen LogP contribution < -0.4 is 14.8 Å². The number of aromatic nitrogens is 2. The summed E-state index contributed by atoms with van der Waals surface area (Å²) in [5.74, 6) is 0.817. The van der Waals surface area contributed by atoms with Gasteiger partial charge in [0, 0.05) is 28.3 Å². The van der Waals surface area contributed by atoms with Crippen molar-refractivity contribution >= 4 is 33.2 Å². The molecule has 0 aromatic carbocycles. The van der Waals surface area contributed by atoms with Crippen LogP contribution in [0.1, 0.15) is 35.4 Å². The molecule has 1 fully saturated rings. The fourth-order valence-electron chi connectivity index (χ4n) is 2.70. The van der Waals surface area contributed by atoms with Crippen molar-refractivity contribution in [2.24, 2.45) is 0 Å². The van der Waals surface area contributed by atoms with Crippen LogP contribution in [0.15, 0.2) is 28.3 Å². The van der Waals surface area contributed by atoms with E-state index in [-0.39, 0.29) is 18.1 Å². The molecule has 0 atom stereocenters. The molecule has 8 heteroatoms. The summed E-state index contributed by atoms with van der Waals surface area (Å²) in [7, 11) is 1.55. The van der Waals surface area contributed by atoms with Crippen LogP contribution >= 0.6 is 27.3 Å². The van der Waals surface area contributed by atoms with E-state index in [0.717, 1.165) is 35.0 Å². The quantitative estimate of drug-likeness (QED) is 0.815. The van der Waals surface area contributed by atoms with Crippen LogP contribution in [0.3, 0.4) is 0 Å². The number of amides is 1. The third kappa shape index (κ3) is 4.24. The Labute approximate surface area is 152 Å². The first-order valence-corrected chi connectivity index (χ1v) is 9.39. The maximum absolute atomic E-state index is 12.2. The molecule has 0 aliphatic heterocycles. The Morgan fingerprint density at radius 1 is 1.25 bits per heavy atom. The van der Waals surface area contributed by atoms with Crippen molar-refractivity contribution < 1.29 is 14.3 Å². The zero-order valence-corrected chi connectivity index (χ0v) is 15.6. The molecule has 1 N–H and O–H groups in total. The highest BCUT2D eigenvalue weighted by molar-refractivity contribution is 9.10. The molecular formula is C16H18BrN3O3S. The zero-order valence-electron chi connectivity index (χ0n) is 13.2. The third-order valence-corrected chi connectivity index (χ3v) is 5.60. The molecule has 0 unspecified atom stereocenters. The standard InChI is InChI=1S/C16H18BrN3O3S/c1-22-15-16(19-7-6-18-15)23-12-4-2-11(3-5-12)20-14(21)13-8-10(17)9-24-13/h6-9,11-12H,2-5H2,1H3,(H,20,21). The van der Waals surface area contributed by atoms with Crippen LogP contribution in [0.25, 0.3) is 0 Å². The minimum absolute atomic E-state index is 0.00864. The number of carbonyl (C=O) groups excluding carboxylic acids is 1. The first-order valence-electron chi connectivity index (χ1n) is 7.72. The Balaban J connectivity index is 1.50. The summed E-state index contributed by atoms with van der Waals surface area (Å²) in [5.41, 5.74) is 0. The summed E-state index contributed by atoms with van der Waals surface area (Å²) in [6, 6.07) is 2.02. The molecule has 1 aliphatic rings. The van der Waals surface area contributed by atoms with Gasteiger partial charge in [-0.1, -0.05) is 0 Å². The lowest BCUT2D eigenvalue weighted by atomic mass is 9.93. The van der Waals surface area contributed by atoms with Crippen LogP contribution in [0, 0.1) is 0 Å². The van der Waals surface area contributed by atoms with Crippen molar-refractivity contribution in [1.82, 2.24) is 15.3 Å². The topological polar surface area (TPSA) is 73.3 Å². The van der Waals surface area contributed by atoms with Crippen molar-refractivity contribution in [3.8, 4) is 11.8 Å². The van der Waals surface area contributed by atoms with E-state index in [4.69, 9.17) is 9.47 Å². The average Bonchev–Trinajstić information content (AvgIpc) is 3.04. The van der Waals surface area contributed by atoms with Gasteiger partial charge in [-0.15, -0.1) is 11.3 Å². The molecule has 128 valence electrons. The molecule has 2 aromatic heterocycles. The van der Waals surface area contributed by atoms with Crippen molar-refractivity contribution in [3.63, 3.8) is 0 Å². The number of methoxy groups -OCH3 is 1. The molecule has 0 radical (unpaired) electrons. The van der Waals surface area contributed by atoms with Crippen LogP contribution in [0.4, 0.5) is 0 Å². The predicted octanol–water partition coefficient (Wildman–Crippen LogP) is 3.43. The molecule has 1 saturated carbocycles. The molecule has 0 bridgehead atoms. The number of hydrogen-bond acceptors (Lipinski definition) is 6. The van der Waals surface area contributed by atoms with Gasteiger partial charge in [-0.2, -0.15) is 0 Å². The van der Waals surface area contributed by atoms with Gasteiger partial charge < -0.3 is 14.8 Å². The van der Waals surface area contributed by atoms with Crippen LogP contribution in [0.5, 0.6) is 11.8 Å². The van der Waals surface area contributed by atoms with E-state index in [9.17, 15) is 4.79 Å². The highest BCUT2D eigenvalue weighted by Gasteiger charge is 2.25. The van der Waals surface area contributed by atoms with Gasteiger partial charge in [0.2, 0.25) is 0 Å². The van der Waals surface area contributed by atoms with Gasteiger partial charge in [-0.25, -0.2) is 9.97 Å². The van der Waals surface area contributed by atoms with Gasteiger partial charge in [0.25, 0.3) is 17.7 Å². The minimum atomic E-state index is -0.00864. The van der Waals surface area contributed by atoms with E-state index < -0.39 is 0 Å². The third-order valence-electron chi connectivity index (χ3n) is 3.91. The predicted molar refractivity (Wildman–Crippen MR) is 94.7 cm³/mol. The largest absolute Gasteiger partial charge is 0.477 e. The Kier molecular flexibility index (Phi) is 5.68. The number of carbonyl (C=O) groups is 1. The fraction of sp³-hybridized carbons (Fsp3) is 0.438. The number of ether oxygens (including phenoxy) is 2. The van der Waals surface area contributed by atoms with Crippen molar-refractivity contribution in [1.29, 1.82) is 0 Å². The first kappa shape index (κ1) is 17.2.